The van der Waals surface area contributed by atoms with Crippen molar-refractivity contribution < 1.29 is 28.2 Å². The maximum atomic E-state index is 13.4. The van der Waals surface area contributed by atoms with Gasteiger partial charge in [-0.3, -0.25) is 0 Å². The van der Waals surface area contributed by atoms with Crippen molar-refractivity contribution in [3.63, 3.8) is 0 Å². The summed E-state index contributed by atoms with van der Waals surface area (Å²) >= 11 is 6.57. The van der Waals surface area contributed by atoms with E-state index in [1.54, 1.807) is 6.33 Å². The third-order valence-electron chi connectivity index (χ3n) is 9.13. The molecule has 1 N–H and O–H groups in total. The molecule has 46 heavy (non-hydrogen) atoms. The van der Waals surface area contributed by atoms with Crippen molar-refractivity contribution in [2.75, 3.05) is 6.61 Å². The lowest BCUT2D eigenvalue weighted by molar-refractivity contribution is -0.199. The fourth-order valence-electron chi connectivity index (χ4n) is 5.90. The van der Waals surface area contributed by atoms with Crippen LogP contribution in [0.2, 0.25) is 23.2 Å². The van der Waals surface area contributed by atoms with Gasteiger partial charge in [-0.1, -0.05) is 38.4 Å². The van der Waals surface area contributed by atoms with E-state index in [1.165, 1.54) is 0 Å². The van der Waals surface area contributed by atoms with Gasteiger partial charge < -0.3 is 33.3 Å². The third-order valence-corrected chi connectivity index (χ3v) is 13.9. The predicted octanol–water partition coefficient (Wildman–Crippen LogP) is 7.64. The second-order valence-corrected chi connectivity index (χ2v) is 20.5. The topological polar surface area (TPSA) is 106 Å². The van der Waals surface area contributed by atoms with E-state index in [0.717, 1.165) is 27.9 Å². The van der Waals surface area contributed by atoms with Crippen LogP contribution in [0.4, 0.5) is 4.79 Å². The smallest absolute Gasteiger partial charge is 0.408 e. The number of carbonyl (C=O) groups excluding carboxylic acids is 1. The van der Waals surface area contributed by atoms with Crippen molar-refractivity contribution in [3.05, 3.63) is 58.6 Å². The number of carbonyl (C=O) groups is 1. The molecule has 0 radical (unpaired) electrons. The molecule has 252 valence electrons. The van der Waals surface area contributed by atoms with Crippen LogP contribution in [-0.4, -0.2) is 65.3 Å². The summed E-state index contributed by atoms with van der Waals surface area (Å²) in [7, 11) is -1.99. The first-order valence-electron chi connectivity index (χ1n) is 16.0. The molecule has 2 aliphatic heterocycles. The van der Waals surface area contributed by atoms with Crippen LogP contribution in [0.5, 0.6) is 0 Å². The van der Waals surface area contributed by atoms with Crippen LogP contribution in [0, 0.1) is 6.92 Å². The van der Waals surface area contributed by atoms with Gasteiger partial charge >= 0.3 is 6.09 Å². The molecule has 1 aromatic carbocycles. The fraction of sp³-hybridized carbons (Fsp3) is 0.618. The molecule has 0 bridgehead atoms. The predicted molar refractivity (Wildman–Crippen MR) is 180 cm³/mol. The summed E-state index contributed by atoms with van der Waals surface area (Å²) in [5, 5.41) is 4.74. The second-order valence-electron chi connectivity index (χ2n) is 15.3. The molecule has 5 rings (SSSR count). The molecule has 4 heterocycles. The van der Waals surface area contributed by atoms with Gasteiger partial charge in [0.25, 0.3) is 0 Å². The molecule has 1 amide bonds. The summed E-state index contributed by atoms with van der Waals surface area (Å²) in [5.74, 6) is -0.875. The van der Waals surface area contributed by atoms with Gasteiger partial charge in [-0.25, -0.2) is 14.8 Å². The number of nitrogens with one attached hydrogen (secondary N) is 1. The highest BCUT2D eigenvalue weighted by Crippen LogP contribution is 2.48. The van der Waals surface area contributed by atoms with Crippen LogP contribution in [0.1, 0.15) is 84.5 Å². The maximum Gasteiger partial charge on any atom is 0.408 e. The number of benzene rings is 1. The van der Waals surface area contributed by atoms with Crippen LogP contribution in [0.25, 0.3) is 11.0 Å². The fourth-order valence-corrected chi connectivity index (χ4v) is 7.14. The summed E-state index contributed by atoms with van der Waals surface area (Å²) in [6, 6.07) is 7.03. The molecule has 0 aliphatic carbocycles. The summed E-state index contributed by atoms with van der Waals surface area (Å²) in [6.07, 6.45) is 1.29. The van der Waals surface area contributed by atoms with Crippen LogP contribution < -0.4 is 5.32 Å². The Hall–Kier alpha value is -2.54. The van der Waals surface area contributed by atoms with Crippen molar-refractivity contribution in [1.82, 2.24) is 19.9 Å². The number of rotatable bonds is 8. The molecular weight excluding hydrogens is 624 g/mol. The molecule has 3 aromatic rings. The highest BCUT2D eigenvalue weighted by molar-refractivity contribution is 6.74. The van der Waals surface area contributed by atoms with Gasteiger partial charge in [-0.15, -0.1) is 0 Å². The van der Waals surface area contributed by atoms with Crippen molar-refractivity contribution in [2.24, 2.45) is 0 Å². The zero-order valence-electron chi connectivity index (χ0n) is 28.9. The molecule has 2 saturated heterocycles. The Bertz CT molecular complexity index is 1580. The molecule has 2 aliphatic rings. The van der Waals surface area contributed by atoms with Crippen molar-refractivity contribution in [1.29, 1.82) is 0 Å². The number of hydrogen-bond donors (Lipinski definition) is 1. The van der Waals surface area contributed by atoms with Crippen LogP contribution in [0.15, 0.2) is 36.8 Å². The van der Waals surface area contributed by atoms with Crippen molar-refractivity contribution in [3.8, 4) is 0 Å². The lowest BCUT2D eigenvalue weighted by atomic mass is 9.91. The molecule has 2 fully saturated rings. The zero-order valence-corrected chi connectivity index (χ0v) is 30.7. The molecular formula is C34H49ClN4O6Si. The van der Waals surface area contributed by atoms with Gasteiger partial charge in [0.15, 0.2) is 20.3 Å². The number of hydrogen-bond acceptors (Lipinski definition) is 8. The zero-order chi connectivity index (χ0) is 33.8. The van der Waals surface area contributed by atoms with E-state index in [-0.39, 0.29) is 5.04 Å². The van der Waals surface area contributed by atoms with Gasteiger partial charge in [-0.05, 0) is 95.4 Å². The van der Waals surface area contributed by atoms with Gasteiger partial charge in [0.05, 0.1) is 11.7 Å². The Morgan fingerprint density at radius 2 is 1.80 bits per heavy atom. The summed E-state index contributed by atoms with van der Waals surface area (Å²) < 4.78 is 34.2. The largest absolute Gasteiger partial charge is 0.444 e. The molecule has 2 aromatic heterocycles. The van der Waals surface area contributed by atoms with Crippen molar-refractivity contribution in [2.45, 2.75) is 129 Å². The minimum atomic E-state index is -1.99. The lowest BCUT2D eigenvalue weighted by Gasteiger charge is -2.36. The number of alkyl carbamates (subject to hydrolysis) is 1. The standard InChI is InChI=1S/C34H49ClN4O6Si/c1-20-23-14-16-39(29(23)37-19-36-20)30-28-27(43-34(8,9)44-28)26(42-30)25(38-31(40)45-32(2,3)4)24-13-12-22(35)18-21(24)15-17-41-46(10,11)33(5,6)7/h12-14,16,18-19,25-28,30H,15,17H2,1-11H3,(H,38,40)/t25-,26-,27-,28-,30?/m1/s1. The van der Waals surface area contributed by atoms with Gasteiger partial charge in [0.2, 0.25) is 0 Å². The molecule has 12 heteroatoms. The quantitative estimate of drug-likeness (QED) is 0.243. The first-order valence-corrected chi connectivity index (χ1v) is 19.3. The highest BCUT2D eigenvalue weighted by Gasteiger charge is 2.58. The maximum absolute atomic E-state index is 13.4. The Morgan fingerprint density at radius 1 is 1.11 bits per heavy atom. The van der Waals surface area contributed by atoms with E-state index in [1.807, 2.05) is 76.6 Å². The van der Waals surface area contributed by atoms with Gasteiger partial charge in [0.1, 0.15) is 35.9 Å². The minimum Gasteiger partial charge on any atom is -0.444 e. The van der Waals surface area contributed by atoms with Crippen LogP contribution in [0.3, 0.4) is 0 Å². The number of amides is 1. The summed E-state index contributed by atoms with van der Waals surface area (Å²) in [5.41, 5.74) is 2.70. The number of nitrogens with zero attached hydrogens (tertiary/aromatic N) is 3. The molecule has 0 saturated carbocycles. The normalized spacial score (nSPS) is 23.8. The average Bonchev–Trinajstić information content (AvgIpc) is 3.57. The number of ether oxygens (including phenoxy) is 4. The summed E-state index contributed by atoms with van der Waals surface area (Å²) in [6.45, 7) is 22.9. The van der Waals surface area contributed by atoms with Crippen LogP contribution in [-0.2, 0) is 29.8 Å². The average molecular weight is 673 g/mol. The molecule has 5 atom stereocenters. The van der Waals surface area contributed by atoms with E-state index >= 15 is 0 Å². The number of aromatic nitrogens is 3. The minimum absolute atomic E-state index is 0.0748. The van der Waals surface area contributed by atoms with E-state index in [2.05, 4.69) is 49.1 Å². The SMILES string of the molecule is Cc1ncnc2c1ccn2C1O[C@H]([C@H](NC(=O)OC(C)(C)C)c2ccc(Cl)cc2CCO[Si](C)(C)C(C)(C)C)[C@H]2OC(C)(C)O[C@@H]12. The van der Waals surface area contributed by atoms with Crippen molar-refractivity contribution >= 4 is 37.0 Å². The van der Waals surface area contributed by atoms with E-state index < -0.39 is 56.4 Å². The number of aryl methyl sites for hydroxylation is 1. The van der Waals surface area contributed by atoms with E-state index in [0.29, 0.717) is 18.1 Å². The van der Waals surface area contributed by atoms with Gasteiger partial charge in [-0.2, -0.15) is 0 Å². The lowest BCUT2D eigenvalue weighted by Crippen LogP contribution is -2.45. The molecule has 10 nitrogen and oxygen atoms in total. The molecule has 0 spiro atoms. The van der Waals surface area contributed by atoms with Gasteiger partial charge in [0, 0.05) is 23.2 Å². The summed E-state index contributed by atoms with van der Waals surface area (Å²) in [4.78, 5) is 22.4. The first-order chi connectivity index (χ1) is 21.3. The Morgan fingerprint density at radius 3 is 2.48 bits per heavy atom. The Balaban J connectivity index is 1.55. The Kier molecular flexibility index (Phi) is 9.44. The Labute approximate surface area is 278 Å². The van der Waals surface area contributed by atoms with Crippen LogP contribution >= 0.6 is 11.6 Å². The number of fused-ring (bicyclic) bond motifs is 2. The number of halogens is 1. The first kappa shape index (κ1) is 34.8. The second kappa shape index (κ2) is 12.5. The monoisotopic (exact) mass is 672 g/mol. The third kappa shape index (κ3) is 7.29. The van der Waals surface area contributed by atoms with E-state index in [4.69, 9.17) is 35.0 Å². The molecule has 1 unspecified atom stereocenters. The highest BCUT2D eigenvalue weighted by atomic mass is 35.5. The van der Waals surface area contributed by atoms with E-state index in [9.17, 15) is 4.79 Å².